The fourth-order valence-corrected chi connectivity index (χ4v) is 8.16. The highest BCUT2D eigenvalue weighted by Crippen LogP contribution is 2.38. The Morgan fingerprint density at radius 1 is 0.857 bits per heavy atom. The average Bonchev–Trinajstić information content (AvgIpc) is 2.66. The minimum absolute atomic E-state index is 0.117. The van der Waals surface area contributed by atoms with Crippen molar-refractivity contribution in [2.24, 2.45) is 0 Å². The Kier molecular flexibility index (Phi) is 4.13. The highest BCUT2D eigenvalue weighted by atomic mass is 28.3. The van der Waals surface area contributed by atoms with Crippen molar-refractivity contribution in [1.29, 1.82) is 0 Å². The highest BCUT2D eigenvalue weighted by molar-refractivity contribution is 6.93. The van der Waals surface area contributed by atoms with Gasteiger partial charge in [-0.1, -0.05) is 69.6 Å². The predicted octanol–water partition coefficient (Wildman–Crippen LogP) is 4.64. The molecular weight excluding hydrogens is 292 g/mol. The van der Waals surface area contributed by atoms with E-state index in [0.29, 0.717) is 0 Å². The third kappa shape index (κ3) is 3.44. The van der Waals surface area contributed by atoms with Gasteiger partial charge in [0, 0.05) is 5.20 Å². The molecule has 0 radical (unpaired) electrons. The summed E-state index contributed by atoms with van der Waals surface area (Å²) >= 11 is 0. The van der Waals surface area contributed by atoms with E-state index in [1.165, 1.54) is 5.20 Å². The largest absolute Gasteiger partial charge is 0.424 e. The molecule has 0 N–H and O–H groups in total. The summed E-state index contributed by atoms with van der Waals surface area (Å²) in [5.74, 6) is 0.663. The summed E-state index contributed by atoms with van der Waals surface area (Å²) in [6.07, 6.45) is 2.01. The summed E-state index contributed by atoms with van der Waals surface area (Å²) in [5.41, 5.74) is 1.08. The number of carbonyl (C=O) groups is 1. The van der Waals surface area contributed by atoms with Gasteiger partial charge in [-0.2, -0.15) is 0 Å². The van der Waals surface area contributed by atoms with Crippen LogP contribution in [0.15, 0.2) is 46.5 Å². The topological polar surface area (TPSA) is 26.3 Å². The summed E-state index contributed by atoms with van der Waals surface area (Å²) < 4.78 is 5.66. The molecule has 0 spiro atoms. The van der Waals surface area contributed by atoms with Gasteiger partial charge in [0.25, 0.3) is 0 Å². The lowest BCUT2D eigenvalue weighted by molar-refractivity contribution is -0.132. The van der Waals surface area contributed by atoms with E-state index < -0.39 is 16.1 Å². The van der Waals surface area contributed by atoms with Crippen molar-refractivity contribution < 1.29 is 9.53 Å². The maximum absolute atomic E-state index is 12.4. The van der Waals surface area contributed by atoms with E-state index in [-0.39, 0.29) is 5.97 Å². The minimum atomic E-state index is -1.72. The third-order valence-electron chi connectivity index (χ3n) is 3.50. The van der Waals surface area contributed by atoms with Crippen molar-refractivity contribution in [2.75, 3.05) is 0 Å². The summed E-state index contributed by atoms with van der Waals surface area (Å²) in [6, 6.07) is 10.1. The molecule has 4 heteroatoms. The monoisotopic (exact) mass is 316 g/mol. The van der Waals surface area contributed by atoms with Gasteiger partial charge in [0.2, 0.25) is 0 Å². The van der Waals surface area contributed by atoms with Crippen molar-refractivity contribution in [3.63, 3.8) is 0 Å². The Bertz CT molecular complexity index is 614. The SMILES string of the molecule is C[Si](C)(C)C1=C([Si](C)(C)C)/C(=C/c2ccccc2)OC1=O. The van der Waals surface area contributed by atoms with Gasteiger partial charge in [-0.15, -0.1) is 0 Å². The lowest BCUT2D eigenvalue weighted by atomic mass is 10.2. The van der Waals surface area contributed by atoms with Crippen molar-refractivity contribution in [1.82, 2.24) is 0 Å². The quantitative estimate of drug-likeness (QED) is 0.600. The lowest BCUT2D eigenvalue weighted by Crippen LogP contribution is -2.34. The van der Waals surface area contributed by atoms with Crippen LogP contribution in [0.2, 0.25) is 39.3 Å². The minimum Gasteiger partial charge on any atom is -0.424 e. The van der Waals surface area contributed by atoms with Crippen molar-refractivity contribution in [2.45, 2.75) is 39.3 Å². The van der Waals surface area contributed by atoms with Gasteiger partial charge >= 0.3 is 5.97 Å². The van der Waals surface area contributed by atoms with Crippen LogP contribution in [-0.2, 0) is 9.53 Å². The predicted molar refractivity (Wildman–Crippen MR) is 94.2 cm³/mol. The zero-order valence-corrected chi connectivity index (χ0v) is 15.8. The van der Waals surface area contributed by atoms with Crippen LogP contribution in [0.5, 0.6) is 0 Å². The molecule has 0 aromatic heterocycles. The van der Waals surface area contributed by atoms with E-state index in [2.05, 4.69) is 39.3 Å². The van der Waals surface area contributed by atoms with Gasteiger partial charge < -0.3 is 4.74 Å². The number of hydrogen-bond acceptors (Lipinski definition) is 2. The zero-order chi connectivity index (χ0) is 15.8. The van der Waals surface area contributed by atoms with Gasteiger partial charge in [0.05, 0.1) is 16.1 Å². The molecule has 0 unspecified atom stereocenters. The van der Waals surface area contributed by atoms with Crippen LogP contribution in [0.1, 0.15) is 5.56 Å². The molecule has 1 aromatic carbocycles. The van der Waals surface area contributed by atoms with Crippen LogP contribution in [-0.4, -0.2) is 22.1 Å². The summed E-state index contributed by atoms with van der Waals surface area (Å²) in [7, 11) is -3.38. The van der Waals surface area contributed by atoms with E-state index in [1.807, 2.05) is 36.4 Å². The molecule has 1 aliphatic rings. The van der Waals surface area contributed by atoms with Gasteiger partial charge in [0.1, 0.15) is 5.76 Å². The summed E-state index contributed by atoms with van der Waals surface area (Å²) in [6.45, 7) is 13.5. The molecule has 2 nitrogen and oxygen atoms in total. The molecule has 0 bridgehead atoms. The molecule has 0 saturated carbocycles. The normalized spacial score (nSPS) is 18.4. The fourth-order valence-electron chi connectivity index (χ4n) is 2.66. The highest BCUT2D eigenvalue weighted by Gasteiger charge is 2.42. The number of benzene rings is 1. The Morgan fingerprint density at radius 3 is 1.86 bits per heavy atom. The molecule has 0 saturated heterocycles. The Labute approximate surface area is 129 Å². The van der Waals surface area contributed by atoms with E-state index in [9.17, 15) is 4.79 Å². The molecule has 1 heterocycles. The second-order valence-corrected chi connectivity index (χ2v) is 17.6. The Hall–Kier alpha value is -1.40. The zero-order valence-electron chi connectivity index (χ0n) is 13.8. The Morgan fingerprint density at radius 2 is 1.38 bits per heavy atom. The second-order valence-electron chi connectivity index (χ2n) is 7.56. The van der Waals surface area contributed by atoms with Gasteiger partial charge in [-0.25, -0.2) is 4.79 Å². The van der Waals surface area contributed by atoms with Crippen LogP contribution in [0.25, 0.3) is 6.08 Å². The molecule has 21 heavy (non-hydrogen) atoms. The molecule has 112 valence electrons. The first-order chi connectivity index (χ1) is 9.60. The number of allylic oxidation sites excluding steroid dienone is 1. The molecule has 1 aliphatic heterocycles. The van der Waals surface area contributed by atoms with Crippen LogP contribution < -0.4 is 0 Å². The average molecular weight is 317 g/mol. The lowest BCUT2D eigenvalue weighted by Gasteiger charge is -2.23. The van der Waals surface area contributed by atoms with E-state index >= 15 is 0 Å². The van der Waals surface area contributed by atoms with E-state index in [1.54, 1.807) is 0 Å². The molecule has 0 amide bonds. The molecule has 0 aliphatic carbocycles. The summed E-state index contributed by atoms with van der Waals surface area (Å²) in [4.78, 5) is 12.4. The first-order valence-corrected chi connectivity index (χ1v) is 14.4. The van der Waals surface area contributed by atoms with Crippen LogP contribution in [0.3, 0.4) is 0 Å². The Balaban J connectivity index is 2.62. The molecular formula is C17H24O2Si2. The molecule has 1 aromatic rings. The number of carbonyl (C=O) groups excluding carboxylic acids is 1. The molecule has 2 rings (SSSR count). The summed E-state index contributed by atoms with van der Waals surface area (Å²) in [5, 5.41) is 2.21. The molecule has 0 atom stereocenters. The van der Waals surface area contributed by atoms with Crippen LogP contribution in [0.4, 0.5) is 0 Å². The first kappa shape index (κ1) is 16.0. The first-order valence-electron chi connectivity index (χ1n) is 7.35. The van der Waals surface area contributed by atoms with Gasteiger partial charge in [-0.05, 0) is 16.8 Å². The van der Waals surface area contributed by atoms with Crippen LogP contribution >= 0.6 is 0 Å². The second kappa shape index (κ2) is 5.42. The van der Waals surface area contributed by atoms with E-state index in [4.69, 9.17) is 4.74 Å². The number of esters is 1. The number of cyclic esters (lactones) is 1. The van der Waals surface area contributed by atoms with Crippen molar-refractivity contribution in [3.8, 4) is 0 Å². The van der Waals surface area contributed by atoms with Gasteiger partial charge in [-0.3, -0.25) is 0 Å². The van der Waals surface area contributed by atoms with Gasteiger partial charge in [0.15, 0.2) is 0 Å². The number of hydrogen-bond donors (Lipinski definition) is 0. The van der Waals surface area contributed by atoms with Crippen LogP contribution in [0, 0.1) is 0 Å². The van der Waals surface area contributed by atoms with Crippen molar-refractivity contribution >= 4 is 28.2 Å². The van der Waals surface area contributed by atoms with Crippen molar-refractivity contribution in [3.05, 3.63) is 52.0 Å². The fraction of sp³-hybridized carbons (Fsp3) is 0.353. The standard InChI is InChI=1S/C17H24O2Si2/c1-20(2,3)15-14(12-13-10-8-7-9-11-13)19-17(18)16(15)21(4,5)6/h7-12H,1-6H3/b14-12-. The number of rotatable bonds is 3. The smallest absolute Gasteiger partial charge is 0.335 e. The van der Waals surface area contributed by atoms with E-state index in [0.717, 1.165) is 16.5 Å². The molecule has 0 fully saturated rings. The third-order valence-corrected chi connectivity index (χ3v) is 7.70. The number of ether oxygens (including phenoxy) is 1. The maximum atomic E-state index is 12.4. The maximum Gasteiger partial charge on any atom is 0.335 e.